The van der Waals surface area contributed by atoms with E-state index in [0.717, 1.165) is 0 Å². The van der Waals surface area contributed by atoms with Crippen LogP contribution >= 0.6 is 11.6 Å². The Morgan fingerprint density at radius 3 is 2.71 bits per heavy atom. The van der Waals surface area contributed by atoms with E-state index >= 15 is 0 Å². The lowest BCUT2D eigenvalue weighted by Crippen LogP contribution is -2.33. The average Bonchev–Trinajstić information content (AvgIpc) is 2.37. The van der Waals surface area contributed by atoms with Gasteiger partial charge in [0.05, 0.1) is 4.92 Å². The highest BCUT2D eigenvalue weighted by molar-refractivity contribution is 6.33. The molecule has 0 heterocycles. The first-order valence-corrected chi connectivity index (χ1v) is 6.66. The second-order valence-electron chi connectivity index (χ2n) is 4.55. The van der Waals surface area contributed by atoms with Crippen LogP contribution in [0.25, 0.3) is 0 Å². The molecule has 1 atom stereocenters. The number of benzene rings is 1. The summed E-state index contributed by atoms with van der Waals surface area (Å²) in [5.41, 5.74) is -0.549. The van der Waals surface area contributed by atoms with E-state index in [1.165, 1.54) is 18.2 Å². The molecule has 0 saturated heterocycles. The van der Waals surface area contributed by atoms with E-state index in [-0.39, 0.29) is 23.0 Å². The van der Waals surface area contributed by atoms with Crippen LogP contribution in [0.2, 0.25) is 5.02 Å². The molecule has 21 heavy (non-hydrogen) atoms. The van der Waals surface area contributed by atoms with Crippen molar-refractivity contribution in [1.82, 2.24) is 5.32 Å². The highest BCUT2D eigenvalue weighted by atomic mass is 35.5. The summed E-state index contributed by atoms with van der Waals surface area (Å²) in [6.07, 6.45) is 0.887. The van der Waals surface area contributed by atoms with Gasteiger partial charge in [0.1, 0.15) is 10.6 Å². The largest absolute Gasteiger partial charge is 0.481 e. The molecule has 2 N–H and O–H groups in total. The lowest BCUT2D eigenvalue weighted by Gasteiger charge is -2.13. The van der Waals surface area contributed by atoms with Gasteiger partial charge in [-0.25, -0.2) is 0 Å². The number of carbonyl (C=O) groups is 2. The van der Waals surface area contributed by atoms with Crippen molar-refractivity contribution in [2.45, 2.75) is 32.2 Å². The number of nitrogens with zero attached hydrogens (tertiary/aromatic N) is 1. The molecule has 0 radical (unpaired) electrons. The van der Waals surface area contributed by atoms with Gasteiger partial charge in [-0.1, -0.05) is 17.7 Å². The third-order valence-electron chi connectivity index (χ3n) is 2.82. The highest BCUT2D eigenvalue weighted by Crippen LogP contribution is 2.28. The fourth-order valence-electron chi connectivity index (χ4n) is 1.82. The van der Waals surface area contributed by atoms with Crippen molar-refractivity contribution < 1.29 is 19.6 Å². The van der Waals surface area contributed by atoms with Gasteiger partial charge in [0.25, 0.3) is 5.91 Å². The number of para-hydroxylation sites is 1. The van der Waals surface area contributed by atoms with Gasteiger partial charge in [0, 0.05) is 12.5 Å². The zero-order valence-electron chi connectivity index (χ0n) is 11.3. The molecule has 0 fully saturated rings. The Bertz CT molecular complexity index is 561. The van der Waals surface area contributed by atoms with Crippen molar-refractivity contribution >= 4 is 29.2 Å². The Labute approximate surface area is 126 Å². The predicted octanol–water partition coefficient (Wildman–Crippen LogP) is 2.62. The van der Waals surface area contributed by atoms with Crippen LogP contribution in [0.15, 0.2) is 18.2 Å². The number of aliphatic carboxylic acids is 1. The summed E-state index contributed by atoms with van der Waals surface area (Å²) in [6, 6.07) is 3.82. The molecule has 0 saturated carbocycles. The van der Waals surface area contributed by atoms with E-state index in [1.807, 2.05) is 0 Å². The molecule has 1 aromatic carbocycles. The Balaban J connectivity index is 2.74. The van der Waals surface area contributed by atoms with Gasteiger partial charge in [-0.2, -0.15) is 0 Å². The minimum atomic E-state index is -0.904. The van der Waals surface area contributed by atoms with E-state index < -0.39 is 22.5 Å². The van der Waals surface area contributed by atoms with Gasteiger partial charge in [0.15, 0.2) is 0 Å². The van der Waals surface area contributed by atoms with Crippen LogP contribution in [-0.2, 0) is 4.79 Å². The fraction of sp³-hybridized carbons (Fsp3) is 0.385. The van der Waals surface area contributed by atoms with Crippen molar-refractivity contribution in [2.24, 2.45) is 0 Å². The summed E-state index contributed by atoms with van der Waals surface area (Å²) in [6.45, 7) is 1.70. The van der Waals surface area contributed by atoms with Gasteiger partial charge in [-0.3, -0.25) is 19.7 Å². The molecule has 1 aromatic rings. The summed E-state index contributed by atoms with van der Waals surface area (Å²) in [5.74, 6) is -1.51. The molecule has 0 aromatic heterocycles. The first-order chi connectivity index (χ1) is 9.82. The van der Waals surface area contributed by atoms with Crippen molar-refractivity contribution in [3.05, 3.63) is 38.9 Å². The predicted molar refractivity (Wildman–Crippen MR) is 76.5 cm³/mol. The molecule has 0 aliphatic carbocycles. The number of nitrogens with one attached hydrogen (secondary N) is 1. The lowest BCUT2D eigenvalue weighted by molar-refractivity contribution is -0.385. The first-order valence-electron chi connectivity index (χ1n) is 6.28. The zero-order chi connectivity index (χ0) is 16.0. The molecule has 1 amide bonds. The molecule has 1 unspecified atom stereocenters. The maximum Gasteiger partial charge on any atom is 0.303 e. The topological polar surface area (TPSA) is 110 Å². The average molecular weight is 315 g/mol. The first kappa shape index (κ1) is 16.9. The van der Waals surface area contributed by atoms with E-state index in [2.05, 4.69) is 5.32 Å². The SMILES string of the molecule is CC(CCCC(=O)O)NC(=O)c1cccc(Cl)c1[N+](=O)[O-]. The van der Waals surface area contributed by atoms with Crippen molar-refractivity contribution in [3.63, 3.8) is 0 Å². The maximum absolute atomic E-state index is 12.0. The summed E-state index contributed by atoms with van der Waals surface area (Å²) in [7, 11) is 0. The van der Waals surface area contributed by atoms with E-state index in [1.54, 1.807) is 6.92 Å². The number of carboxylic acids is 1. The number of rotatable bonds is 7. The summed E-state index contributed by atoms with van der Waals surface area (Å²) in [4.78, 5) is 32.7. The second-order valence-corrected chi connectivity index (χ2v) is 4.96. The molecule has 1 rings (SSSR count). The van der Waals surface area contributed by atoms with Gasteiger partial charge < -0.3 is 10.4 Å². The highest BCUT2D eigenvalue weighted by Gasteiger charge is 2.24. The molecule has 0 aliphatic rings. The normalized spacial score (nSPS) is 11.7. The second kappa shape index (κ2) is 7.58. The molecular weight excluding hydrogens is 300 g/mol. The third-order valence-corrected chi connectivity index (χ3v) is 3.12. The van der Waals surface area contributed by atoms with Gasteiger partial charge in [0.2, 0.25) is 0 Å². The van der Waals surface area contributed by atoms with Crippen LogP contribution in [-0.4, -0.2) is 27.9 Å². The van der Waals surface area contributed by atoms with Crippen LogP contribution in [0.4, 0.5) is 5.69 Å². The Hall–Kier alpha value is -2.15. The number of halogens is 1. The Morgan fingerprint density at radius 1 is 1.48 bits per heavy atom. The molecule has 114 valence electrons. The summed E-state index contributed by atoms with van der Waals surface area (Å²) < 4.78 is 0. The fourth-order valence-corrected chi connectivity index (χ4v) is 2.06. The lowest BCUT2D eigenvalue weighted by atomic mass is 10.1. The van der Waals surface area contributed by atoms with Gasteiger partial charge in [-0.05, 0) is 31.9 Å². The monoisotopic (exact) mass is 314 g/mol. The number of hydrogen-bond acceptors (Lipinski definition) is 4. The van der Waals surface area contributed by atoms with Crippen LogP contribution in [0.1, 0.15) is 36.5 Å². The molecule has 8 heteroatoms. The van der Waals surface area contributed by atoms with Gasteiger partial charge >= 0.3 is 11.7 Å². The van der Waals surface area contributed by atoms with Crippen LogP contribution in [0.5, 0.6) is 0 Å². The number of nitro groups is 1. The van der Waals surface area contributed by atoms with Crippen molar-refractivity contribution in [1.29, 1.82) is 0 Å². The summed E-state index contributed by atoms with van der Waals surface area (Å²) in [5, 5.41) is 22.0. The Morgan fingerprint density at radius 2 is 2.14 bits per heavy atom. The van der Waals surface area contributed by atoms with E-state index in [9.17, 15) is 19.7 Å². The Kier molecular flexibility index (Phi) is 6.10. The minimum absolute atomic E-state index is 0.0114. The van der Waals surface area contributed by atoms with E-state index in [0.29, 0.717) is 12.8 Å². The van der Waals surface area contributed by atoms with Crippen LogP contribution in [0, 0.1) is 10.1 Å². The molecular formula is C13H15ClN2O5. The number of nitro benzene ring substituents is 1. The number of carboxylic acid groups (broad SMARTS) is 1. The van der Waals surface area contributed by atoms with E-state index in [4.69, 9.17) is 16.7 Å². The molecule has 7 nitrogen and oxygen atoms in total. The van der Waals surface area contributed by atoms with Gasteiger partial charge in [-0.15, -0.1) is 0 Å². The zero-order valence-corrected chi connectivity index (χ0v) is 12.1. The third kappa shape index (κ3) is 5.03. The van der Waals surface area contributed by atoms with Crippen molar-refractivity contribution in [3.8, 4) is 0 Å². The van der Waals surface area contributed by atoms with Crippen LogP contribution < -0.4 is 5.32 Å². The summed E-state index contributed by atoms with van der Waals surface area (Å²) >= 11 is 5.74. The molecule has 0 spiro atoms. The number of carbonyl (C=O) groups excluding carboxylic acids is 1. The van der Waals surface area contributed by atoms with Crippen LogP contribution in [0.3, 0.4) is 0 Å². The van der Waals surface area contributed by atoms with Crippen molar-refractivity contribution in [2.75, 3.05) is 0 Å². The number of amides is 1. The smallest absolute Gasteiger partial charge is 0.303 e. The quantitative estimate of drug-likeness (QED) is 0.594. The minimum Gasteiger partial charge on any atom is -0.481 e. The maximum atomic E-state index is 12.0. The number of hydrogen-bond donors (Lipinski definition) is 2. The standard InChI is InChI=1S/C13H15ClN2O5/c1-8(4-2-7-11(17)18)15-13(19)9-5-3-6-10(14)12(9)16(20)21/h3,5-6,8H,2,4,7H2,1H3,(H,15,19)(H,17,18). The molecule has 0 bridgehead atoms. The molecule has 0 aliphatic heterocycles.